The monoisotopic (exact) mass is 1080 g/mol. The van der Waals surface area contributed by atoms with Crippen LogP contribution in [0.3, 0.4) is 0 Å². The van der Waals surface area contributed by atoms with Gasteiger partial charge in [-0.1, -0.05) is 218 Å². The minimum Gasteiger partial charge on any atom is -0.455 e. The van der Waals surface area contributed by atoms with Gasteiger partial charge in [0.2, 0.25) is 0 Å². The highest BCUT2D eigenvalue weighted by atomic mass is 16.3. The van der Waals surface area contributed by atoms with Gasteiger partial charge in [0.25, 0.3) is 0 Å². The third-order valence-corrected chi connectivity index (χ3v) is 17.6. The number of anilines is 6. The Kier molecular flexibility index (Phi) is 11.4. The van der Waals surface area contributed by atoms with Crippen LogP contribution >= 0.6 is 0 Å². The van der Waals surface area contributed by atoms with Gasteiger partial charge in [-0.3, -0.25) is 0 Å². The van der Waals surface area contributed by atoms with Crippen LogP contribution in [-0.4, -0.2) is 0 Å². The Labute approximate surface area is 487 Å². The number of benzene rings is 14. The molecule has 0 aliphatic carbocycles. The highest BCUT2D eigenvalue weighted by Crippen LogP contribution is 2.55. The molecule has 14 aromatic carbocycles. The van der Waals surface area contributed by atoms with Gasteiger partial charge < -0.3 is 18.6 Å². The number of hydrogen-bond acceptors (Lipinski definition) is 4. The van der Waals surface area contributed by atoms with Crippen LogP contribution in [0.2, 0.25) is 0 Å². The van der Waals surface area contributed by atoms with Crippen LogP contribution in [0.15, 0.2) is 276 Å². The molecule has 2 aromatic heterocycles. The molecule has 16 aromatic rings. The van der Waals surface area contributed by atoms with Gasteiger partial charge in [-0.15, -0.1) is 0 Å². The lowest BCUT2D eigenvalue weighted by atomic mass is 9.84. The van der Waals surface area contributed by atoms with Gasteiger partial charge >= 0.3 is 0 Å². The number of aryl methyl sites for hydroxylation is 2. The molecule has 0 aliphatic rings. The summed E-state index contributed by atoms with van der Waals surface area (Å²) < 4.78 is 13.5. The van der Waals surface area contributed by atoms with E-state index < -0.39 is 0 Å². The van der Waals surface area contributed by atoms with E-state index in [2.05, 4.69) is 292 Å². The summed E-state index contributed by atoms with van der Waals surface area (Å²) in [6.07, 6.45) is 0. The van der Waals surface area contributed by atoms with Crippen LogP contribution in [0.4, 0.5) is 34.1 Å². The van der Waals surface area contributed by atoms with Crippen LogP contribution in [0, 0.1) is 27.7 Å². The Morgan fingerprint density at radius 3 is 1.04 bits per heavy atom. The molecule has 16 rings (SSSR count). The maximum Gasteiger partial charge on any atom is 0.143 e. The van der Waals surface area contributed by atoms with E-state index in [9.17, 15) is 0 Å². The number of para-hydroxylation sites is 6. The fraction of sp³-hybridized carbons (Fsp3) is 0.0500. The first-order valence-electron chi connectivity index (χ1n) is 29.0. The SMILES string of the molecule is Cc1ccc(-c2cccc3c2oc2ccccc23)c(C)c1N(c1ccccc1)c1cc(-c2ccccc2)c2ccc3c(N(c4ccccc4)c4c(C)ccc(-c5cccc6c5oc5ccccc56)c4C)cc(-c4ccccc4)c4ccc1c2c43. The number of furan rings is 2. The molecule has 0 radical (unpaired) electrons. The van der Waals surface area contributed by atoms with Gasteiger partial charge in [0.15, 0.2) is 0 Å². The first-order chi connectivity index (χ1) is 41.4. The molecule has 4 heteroatoms. The smallest absolute Gasteiger partial charge is 0.143 e. The Balaban J connectivity index is 1.00. The van der Waals surface area contributed by atoms with E-state index in [-0.39, 0.29) is 0 Å². The quantitative estimate of drug-likeness (QED) is 0.128. The van der Waals surface area contributed by atoms with Crippen molar-refractivity contribution < 1.29 is 8.83 Å². The van der Waals surface area contributed by atoms with E-state index in [1.54, 1.807) is 0 Å². The molecule has 0 fully saturated rings. The molecule has 84 heavy (non-hydrogen) atoms. The summed E-state index contributed by atoms with van der Waals surface area (Å²) in [6.45, 7) is 9.08. The fourth-order valence-corrected chi connectivity index (χ4v) is 13.8. The maximum absolute atomic E-state index is 6.75. The minimum absolute atomic E-state index is 0.888. The normalized spacial score (nSPS) is 11.8. The predicted molar refractivity (Wildman–Crippen MR) is 355 cm³/mol. The molecule has 4 nitrogen and oxygen atoms in total. The summed E-state index contributed by atoms with van der Waals surface area (Å²) in [4.78, 5) is 5.06. The number of fused-ring (bicyclic) bond motifs is 6. The van der Waals surface area contributed by atoms with Crippen LogP contribution in [-0.2, 0) is 0 Å². The molecular formula is C80H56N2O2. The van der Waals surface area contributed by atoms with Crippen molar-refractivity contribution in [2.45, 2.75) is 27.7 Å². The van der Waals surface area contributed by atoms with Crippen molar-refractivity contribution in [2.24, 2.45) is 0 Å². The molecule has 0 bridgehead atoms. The minimum atomic E-state index is 0.888. The molecule has 398 valence electrons. The Morgan fingerprint density at radius 2 is 0.619 bits per heavy atom. The molecule has 0 unspecified atom stereocenters. The van der Waals surface area contributed by atoms with Gasteiger partial charge in [0, 0.05) is 65.6 Å². The summed E-state index contributed by atoms with van der Waals surface area (Å²) in [7, 11) is 0. The maximum atomic E-state index is 6.75. The van der Waals surface area contributed by atoms with Crippen LogP contribution in [0.5, 0.6) is 0 Å². The average Bonchev–Trinajstić information content (AvgIpc) is 1.17. The molecule has 0 N–H and O–H groups in total. The molecule has 0 aliphatic heterocycles. The second kappa shape index (κ2) is 19.5. The first kappa shape index (κ1) is 49.2. The second-order valence-corrected chi connectivity index (χ2v) is 22.4. The van der Waals surface area contributed by atoms with Gasteiger partial charge in [-0.2, -0.15) is 0 Å². The number of rotatable bonds is 10. The number of hydrogen-bond donors (Lipinski definition) is 0. The van der Waals surface area contributed by atoms with Crippen molar-refractivity contribution in [1.29, 1.82) is 0 Å². The van der Waals surface area contributed by atoms with Crippen molar-refractivity contribution >= 4 is 110 Å². The zero-order valence-electron chi connectivity index (χ0n) is 47.1. The standard InChI is InChI=1S/C80H56N2O2/c1-49-39-41-57(63-33-21-35-65-59-31-17-19-37-73(59)83-79(63)65)51(3)77(49)81(55-27-13-7-14-28-55)71-47-69(53-23-9-5-10-24-53)61-44-46-68-72(48-70(54-25-11-6-12-26-54)62-43-45-67(71)75(61)76(62)68)82(56-29-15-8-16-30-56)78-50(2)40-42-58(52(78)4)64-34-22-36-66-60-32-18-20-38-74(60)84-80(64)66/h5-48H,1-4H3. The molecular weight excluding hydrogens is 1020 g/mol. The van der Waals surface area contributed by atoms with Gasteiger partial charge in [-0.25, -0.2) is 0 Å². The highest BCUT2D eigenvalue weighted by molar-refractivity contribution is 6.32. The van der Waals surface area contributed by atoms with Crippen molar-refractivity contribution in [1.82, 2.24) is 0 Å². The molecule has 0 saturated heterocycles. The summed E-state index contributed by atoms with van der Waals surface area (Å²) in [5.41, 5.74) is 23.9. The summed E-state index contributed by atoms with van der Waals surface area (Å²) in [5.74, 6) is 0. The topological polar surface area (TPSA) is 32.8 Å². The molecule has 0 saturated carbocycles. The van der Waals surface area contributed by atoms with E-state index >= 15 is 0 Å². The molecule has 0 atom stereocenters. The van der Waals surface area contributed by atoms with Crippen LogP contribution in [0.25, 0.3) is 121 Å². The number of nitrogens with zero attached hydrogens (tertiary/aromatic N) is 2. The summed E-state index contributed by atoms with van der Waals surface area (Å²) in [6, 6.07) is 97.2. The average molecular weight is 1080 g/mol. The van der Waals surface area contributed by atoms with E-state index in [4.69, 9.17) is 8.83 Å². The van der Waals surface area contributed by atoms with E-state index in [1.807, 2.05) is 12.1 Å². The Hall–Kier alpha value is -10.7. The van der Waals surface area contributed by atoms with Gasteiger partial charge in [0.05, 0.1) is 22.7 Å². The first-order valence-corrected chi connectivity index (χ1v) is 29.0. The summed E-state index contributed by atoms with van der Waals surface area (Å²) >= 11 is 0. The largest absolute Gasteiger partial charge is 0.455 e. The lowest BCUT2D eigenvalue weighted by Crippen LogP contribution is -2.15. The van der Waals surface area contributed by atoms with E-state index in [1.165, 1.54) is 32.7 Å². The van der Waals surface area contributed by atoms with Crippen LogP contribution < -0.4 is 9.80 Å². The third-order valence-electron chi connectivity index (χ3n) is 17.6. The molecule has 0 amide bonds. The third kappa shape index (κ3) is 7.61. The lowest BCUT2D eigenvalue weighted by Gasteiger charge is -2.33. The zero-order chi connectivity index (χ0) is 56.2. The second-order valence-electron chi connectivity index (χ2n) is 22.4. The molecule has 2 heterocycles. The molecule has 0 spiro atoms. The van der Waals surface area contributed by atoms with Gasteiger partial charge in [0.1, 0.15) is 22.3 Å². The van der Waals surface area contributed by atoms with Crippen molar-refractivity contribution in [2.75, 3.05) is 9.80 Å². The Bertz CT molecular complexity index is 4900. The Morgan fingerprint density at radius 1 is 0.262 bits per heavy atom. The zero-order valence-corrected chi connectivity index (χ0v) is 47.1. The van der Waals surface area contributed by atoms with Crippen molar-refractivity contribution in [3.63, 3.8) is 0 Å². The van der Waals surface area contributed by atoms with Crippen molar-refractivity contribution in [3.8, 4) is 44.5 Å². The van der Waals surface area contributed by atoms with Crippen LogP contribution in [0.1, 0.15) is 22.3 Å². The fourth-order valence-electron chi connectivity index (χ4n) is 13.8. The van der Waals surface area contributed by atoms with Crippen molar-refractivity contribution in [3.05, 3.63) is 289 Å². The van der Waals surface area contributed by atoms with Gasteiger partial charge in [-0.05, 0) is 143 Å². The summed E-state index contributed by atoms with van der Waals surface area (Å²) in [5, 5.41) is 11.6. The lowest BCUT2D eigenvalue weighted by molar-refractivity contribution is 0.669. The van der Waals surface area contributed by atoms with E-state index in [0.29, 0.717) is 0 Å². The predicted octanol–water partition coefficient (Wildman–Crippen LogP) is 23.2. The van der Waals surface area contributed by atoms with E-state index in [0.717, 1.165) is 144 Å². The highest BCUT2D eigenvalue weighted by Gasteiger charge is 2.29.